The lowest BCUT2D eigenvalue weighted by Gasteiger charge is -2.44. The van der Waals surface area contributed by atoms with Crippen LogP contribution in [0.2, 0.25) is 0 Å². The lowest BCUT2D eigenvalue weighted by Crippen LogP contribution is -2.60. The predicted octanol–water partition coefficient (Wildman–Crippen LogP) is 1.53. The maximum atomic E-state index is 13.5. The van der Waals surface area contributed by atoms with Crippen molar-refractivity contribution in [2.24, 2.45) is 5.92 Å². The maximum absolute atomic E-state index is 13.5. The van der Waals surface area contributed by atoms with E-state index in [1.54, 1.807) is 17.0 Å². The van der Waals surface area contributed by atoms with Crippen LogP contribution >= 0.6 is 0 Å². The zero-order valence-corrected chi connectivity index (χ0v) is 16.5. The molecule has 7 nitrogen and oxygen atoms in total. The number of piperidine rings is 1. The van der Waals surface area contributed by atoms with Gasteiger partial charge in [0.15, 0.2) is 0 Å². The van der Waals surface area contributed by atoms with E-state index in [1.807, 2.05) is 23.1 Å². The van der Waals surface area contributed by atoms with Crippen LogP contribution in [0.15, 0.2) is 30.3 Å². The van der Waals surface area contributed by atoms with Crippen LogP contribution in [0.1, 0.15) is 48.9 Å². The largest absolute Gasteiger partial charge is 0.353 e. The summed E-state index contributed by atoms with van der Waals surface area (Å²) in [5.74, 6) is 0.0978. The number of hydrogen-bond acceptors (Lipinski definition) is 4. The van der Waals surface area contributed by atoms with E-state index < -0.39 is 11.8 Å². The highest BCUT2D eigenvalue weighted by molar-refractivity contribution is 5.98. The Kier molecular flexibility index (Phi) is 4.57. The number of likely N-dealkylation sites (tertiary alicyclic amines) is 1. The summed E-state index contributed by atoms with van der Waals surface area (Å²) in [6, 6.07) is 8.66. The van der Waals surface area contributed by atoms with Crippen LogP contribution in [0.3, 0.4) is 0 Å². The highest BCUT2D eigenvalue weighted by Gasteiger charge is 2.55. The van der Waals surface area contributed by atoms with Crippen LogP contribution in [-0.2, 0) is 14.3 Å². The van der Waals surface area contributed by atoms with Gasteiger partial charge < -0.3 is 15.0 Å². The minimum atomic E-state index is -0.821. The Morgan fingerprint density at radius 3 is 2.31 bits per heavy atom. The summed E-state index contributed by atoms with van der Waals surface area (Å²) in [7, 11) is 0. The molecule has 1 spiro atoms. The molecule has 4 fully saturated rings. The Balaban J connectivity index is 1.38. The van der Waals surface area contributed by atoms with Crippen LogP contribution in [-0.4, -0.2) is 65.0 Å². The van der Waals surface area contributed by atoms with Gasteiger partial charge in [0.25, 0.3) is 5.91 Å². The normalized spacial score (nSPS) is 25.9. The molecular weight excluding hydrogens is 370 g/mol. The first kappa shape index (κ1) is 18.6. The third-order valence-electron chi connectivity index (χ3n) is 6.51. The first-order valence-corrected chi connectivity index (χ1v) is 10.7. The maximum Gasteiger partial charge on any atom is 0.256 e. The average Bonchev–Trinajstić information content (AvgIpc) is 3.67. The van der Waals surface area contributed by atoms with Crippen LogP contribution in [0, 0.1) is 5.92 Å². The Labute approximate surface area is 170 Å². The van der Waals surface area contributed by atoms with Crippen LogP contribution in [0.25, 0.3) is 0 Å². The SMILES string of the molecule is O=C(NC1CC1)[C@H]1COC2(CCN(C(=O)C3CC3)CC2)N1C(=O)c1ccccc1. The van der Waals surface area contributed by atoms with E-state index in [0.29, 0.717) is 31.5 Å². The second kappa shape index (κ2) is 7.13. The molecule has 0 bridgehead atoms. The van der Waals surface area contributed by atoms with Crippen LogP contribution in [0.4, 0.5) is 0 Å². The number of carbonyl (C=O) groups excluding carboxylic acids is 3. The fourth-order valence-electron chi connectivity index (χ4n) is 4.48. The van der Waals surface area contributed by atoms with Crippen LogP contribution < -0.4 is 5.32 Å². The highest BCUT2D eigenvalue weighted by Crippen LogP contribution is 2.40. The number of carbonyl (C=O) groups is 3. The molecule has 154 valence electrons. The van der Waals surface area contributed by atoms with Crippen molar-refractivity contribution in [3.05, 3.63) is 35.9 Å². The summed E-state index contributed by atoms with van der Waals surface area (Å²) in [6.45, 7) is 1.32. The van der Waals surface area contributed by atoms with Gasteiger partial charge in [-0.1, -0.05) is 18.2 Å². The van der Waals surface area contributed by atoms with Crippen molar-refractivity contribution < 1.29 is 19.1 Å². The van der Waals surface area contributed by atoms with Crippen molar-refractivity contribution in [3.63, 3.8) is 0 Å². The van der Waals surface area contributed by atoms with E-state index in [9.17, 15) is 14.4 Å². The van der Waals surface area contributed by atoms with Gasteiger partial charge in [-0.05, 0) is 37.8 Å². The molecule has 1 N–H and O–H groups in total. The number of benzene rings is 1. The molecule has 7 heteroatoms. The zero-order chi connectivity index (χ0) is 20.0. The van der Waals surface area contributed by atoms with E-state index >= 15 is 0 Å². The molecule has 1 aromatic carbocycles. The van der Waals surface area contributed by atoms with Gasteiger partial charge in [0.05, 0.1) is 6.61 Å². The molecule has 2 aliphatic heterocycles. The van der Waals surface area contributed by atoms with E-state index in [4.69, 9.17) is 4.74 Å². The van der Waals surface area contributed by atoms with Gasteiger partial charge in [-0.15, -0.1) is 0 Å². The Hall–Kier alpha value is -2.41. The van der Waals surface area contributed by atoms with Crippen LogP contribution in [0.5, 0.6) is 0 Å². The van der Waals surface area contributed by atoms with Gasteiger partial charge in [0.1, 0.15) is 11.8 Å². The van der Waals surface area contributed by atoms with Crippen molar-refractivity contribution in [2.45, 2.75) is 56.3 Å². The summed E-state index contributed by atoms with van der Waals surface area (Å²) in [4.78, 5) is 42.3. The van der Waals surface area contributed by atoms with Crippen molar-refractivity contribution in [1.29, 1.82) is 0 Å². The molecule has 4 aliphatic rings. The highest BCUT2D eigenvalue weighted by atomic mass is 16.5. The first-order chi connectivity index (χ1) is 14.1. The standard InChI is InChI=1S/C22H27N3O4/c26-19(23-17-8-9-17)18-14-29-22(25(18)21(28)15-4-2-1-3-5-15)10-12-24(13-11-22)20(27)16-6-7-16/h1-5,16-18H,6-14H2,(H,23,26)/t18-/m1/s1. The smallest absolute Gasteiger partial charge is 0.256 e. The lowest BCUT2D eigenvalue weighted by atomic mass is 9.96. The quantitative estimate of drug-likeness (QED) is 0.836. The zero-order valence-electron chi connectivity index (χ0n) is 16.5. The van der Waals surface area contributed by atoms with Gasteiger partial charge in [-0.3, -0.25) is 19.3 Å². The Bertz CT molecular complexity index is 811. The second-order valence-corrected chi connectivity index (χ2v) is 8.70. The molecule has 0 aromatic heterocycles. The molecule has 5 rings (SSSR count). The number of ether oxygens (including phenoxy) is 1. The number of amides is 3. The summed E-state index contributed by atoms with van der Waals surface area (Å²) >= 11 is 0. The number of nitrogens with zero attached hydrogens (tertiary/aromatic N) is 2. The molecule has 2 heterocycles. The summed E-state index contributed by atoms with van der Waals surface area (Å²) in [6.07, 6.45) is 5.04. The molecule has 0 unspecified atom stereocenters. The lowest BCUT2D eigenvalue weighted by molar-refractivity contribution is -0.144. The molecule has 29 heavy (non-hydrogen) atoms. The minimum Gasteiger partial charge on any atom is -0.353 e. The van der Waals surface area contributed by atoms with Gasteiger partial charge in [-0.25, -0.2) is 0 Å². The topological polar surface area (TPSA) is 79.0 Å². The molecule has 3 amide bonds. The molecule has 1 aromatic rings. The van der Waals surface area contributed by atoms with Crippen molar-refractivity contribution in [2.75, 3.05) is 19.7 Å². The van der Waals surface area contributed by atoms with Gasteiger partial charge in [0.2, 0.25) is 11.8 Å². The number of hydrogen-bond donors (Lipinski definition) is 1. The molecule has 2 saturated carbocycles. The molecule has 2 saturated heterocycles. The van der Waals surface area contributed by atoms with Gasteiger partial charge in [-0.2, -0.15) is 0 Å². The molecular formula is C22H27N3O4. The monoisotopic (exact) mass is 397 g/mol. The number of nitrogens with one attached hydrogen (secondary N) is 1. The first-order valence-electron chi connectivity index (χ1n) is 10.7. The minimum absolute atomic E-state index is 0.134. The fraction of sp³-hybridized carbons (Fsp3) is 0.591. The van der Waals surface area contributed by atoms with E-state index in [-0.39, 0.29) is 36.3 Å². The van der Waals surface area contributed by atoms with E-state index in [2.05, 4.69) is 5.32 Å². The van der Waals surface area contributed by atoms with Crippen molar-refractivity contribution in [1.82, 2.24) is 15.1 Å². The number of rotatable bonds is 4. The van der Waals surface area contributed by atoms with Crippen molar-refractivity contribution >= 4 is 17.7 Å². The second-order valence-electron chi connectivity index (χ2n) is 8.70. The molecule has 1 atom stereocenters. The van der Waals surface area contributed by atoms with Crippen molar-refractivity contribution in [3.8, 4) is 0 Å². The Morgan fingerprint density at radius 2 is 1.69 bits per heavy atom. The van der Waals surface area contributed by atoms with E-state index in [0.717, 1.165) is 25.7 Å². The predicted molar refractivity (Wildman–Crippen MR) is 105 cm³/mol. The average molecular weight is 397 g/mol. The van der Waals surface area contributed by atoms with Gasteiger partial charge in [0, 0.05) is 43.5 Å². The molecule has 2 aliphatic carbocycles. The fourth-order valence-corrected chi connectivity index (χ4v) is 4.48. The van der Waals surface area contributed by atoms with E-state index in [1.165, 1.54) is 0 Å². The third-order valence-corrected chi connectivity index (χ3v) is 6.51. The molecule has 0 radical (unpaired) electrons. The summed E-state index contributed by atoms with van der Waals surface area (Å²) in [5.41, 5.74) is -0.267. The summed E-state index contributed by atoms with van der Waals surface area (Å²) < 4.78 is 6.18. The Morgan fingerprint density at radius 1 is 1.00 bits per heavy atom. The van der Waals surface area contributed by atoms with Gasteiger partial charge >= 0.3 is 0 Å². The third kappa shape index (κ3) is 3.52. The summed E-state index contributed by atoms with van der Waals surface area (Å²) in [5, 5.41) is 3.03.